The number of anilines is 3. The average molecular weight is 391 g/mol. The second kappa shape index (κ2) is 8.73. The maximum atomic E-state index is 14.3. The molecule has 0 spiro atoms. The highest BCUT2D eigenvalue weighted by Crippen LogP contribution is 2.25. The largest absolute Gasteiger partial charge is 0.481 e. The Bertz CT molecular complexity index is 1080. The van der Waals surface area contributed by atoms with Gasteiger partial charge >= 0.3 is 0 Å². The van der Waals surface area contributed by atoms with E-state index in [1.807, 2.05) is 0 Å². The molecular formula is C21H18FN5O2. The zero-order chi connectivity index (χ0) is 20.8. The number of nitrogens with one attached hydrogen (secondary N) is 2. The lowest BCUT2D eigenvalue weighted by Crippen LogP contribution is -2.14. The van der Waals surface area contributed by atoms with Crippen molar-refractivity contribution < 1.29 is 13.9 Å². The molecule has 0 saturated carbocycles. The van der Waals surface area contributed by atoms with Crippen molar-refractivity contribution in [1.29, 1.82) is 0 Å². The van der Waals surface area contributed by atoms with Crippen LogP contribution in [0.25, 0.3) is 11.3 Å². The molecule has 1 amide bonds. The number of hydrazine groups is 1. The quantitative estimate of drug-likeness (QED) is 0.292. The molecule has 8 heteroatoms. The van der Waals surface area contributed by atoms with Crippen LogP contribution in [0.1, 0.15) is 10.4 Å². The fraction of sp³-hybridized carbons (Fsp3) is 0.0476. The standard InChI is InChI=1S/C21H18FN5O2/c1-2-11-29-15-6-4-14(5-7-15)25-21(28)16-12-13(3-8-17(16)22)19-10-9-18(23)20(26-19)27-24/h1,3-10,12H,11,23-24H2,(H,25,28)(H,26,27). The second-order valence-corrected chi connectivity index (χ2v) is 5.94. The Hall–Kier alpha value is -4.09. The van der Waals surface area contributed by atoms with Gasteiger partial charge in [-0.1, -0.05) is 5.92 Å². The summed E-state index contributed by atoms with van der Waals surface area (Å²) in [6.45, 7) is 0.143. The molecule has 7 nitrogen and oxygen atoms in total. The third-order valence-corrected chi connectivity index (χ3v) is 4.00. The van der Waals surface area contributed by atoms with Crippen molar-refractivity contribution in [3.05, 3.63) is 66.0 Å². The van der Waals surface area contributed by atoms with Crippen LogP contribution in [0.2, 0.25) is 0 Å². The lowest BCUT2D eigenvalue weighted by Gasteiger charge is -2.10. The summed E-state index contributed by atoms with van der Waals surface area (Å²) in [7, 11) is 0. The number of pyridine rings is 1. The Morgan fingerprint density at radius 2 is 1.93 bits per heavy atom. The van der Waals surface area contributed by atoms with Gasteiger partial charge in [-0.15, -0.1) is 6.42 Å². The van der Waals surface area contributed by atoms with Crippen molar-refractivity contribution in [2.75, 3.05) is 23.1 Å². The highest BCUT2D eigenvalue weighted by Gasteiger charge is 2.15. The van der Waals surface area contributed by atoms with E-state index in [4.69, 9.17) is 22.7 Å². The van der Waals surface area contributed by atoms with E-state index in [0.717, 1.165) is 0 Å². The molecule has 1 heterocycles. The summed E-state index contributed by atoms with van der Waals surface area (Å²) in [5, 5.41) is 2.65. The van der Waals surface area contributed by atoms with Crippen molar-refractivity contribution >= 4 is 23.1 Å². The van der Waals surface area contributed by atoms with Gasteiger partial charge in [0.1, 0.15) is 18.2 Å². The van der Waals surface area contributed by atoms with E-state index < -0.39 is 11.7 Å². The normalized spacial score (nSPS) is 10.1. The number of benzene rings is 2. The van der Waals surface area contributed by atoms with Gasteiger partial charge in [-0.25, -0.2) is 15.2 Å². The van der Waals surface area contributed by atoms with Gasteiger partial charge in [-0.05, 0) is 54.6 Å². The van der Waals surface area contributed by atoms with E-state index in [1.165, 1.54) is 18.2 Å². The van der Waals surface area contributed by atoms with Crippen LogP contribution in [0.4, 0.5) is 21.6 Å². The number of aromatic nitrogens is 1. The number of nitrogens with two attached hydrogens (primary N) is 2. The van der Waals surface area contributed by atoms with Crippen molar-refractivity contribution in [2.24, 2.45) is 5.84 Å². The summed E-state index contributed by atoms with van der Waals surface area (Å²) in [5.74, 6) is 7.33. The molecule has 2 aromatic carbocycles. The van der Waals surface area contributed by atoms with Crippen LogP contribution < -0.4 is 27.1 Å². The summed E-state index contributed by atoms with van der Waals surface area (Å²) in [5.41, 5.74) is 9.88. The van der Waals surface area contributed by atoms with E-state index >= 15 is 0 Å². The van der Waals surface area contributed by atoms with Gasteiger partial charge in [0.15, 0.2) is 5.82 Å². The summed E-state index contributed by atoms with van der Waals surface area (Å²) in [6.07, 6.45) is 5.14. The van der Waals surface area contributed by atoms with Crippen LogP contribution >= 0.6 is 0 Å². The number of ether oxygens (including phenoxy) is 1. The SMILES string of the molecule is C#CCOc1ccc(NC(=O)c2cc(-c3ccc(N)c(NN)n3)ccc2F)cc1. The first-order valence-corrected chi connectivity index (χ1v) is 8.52. The van der Waals surface area contributed by atoms with Crippen molar-refractivity contribution in [3.63, 3.8) is 0 Å². The molecule has 0 fully saturated rings. The summed E-state index contributed by atoms with van der Waals surface area (Å²) in [4.78, 5) is 16.8. The molecular weight excluding hydrogens is 373 g/mol. The third-order valence-electron chi connectivity index (χ3n) is 4.00. The number of nitrogen functional groups attached to an aromatic ring is 2. The van der Waals surface area contributed by atoms with E-state index in [9.17, 15) is 9.18 Å². The number of rotatable bonds is 6. The Kier molecular flexibility index (Phi) is 5.92. The maximum absolute atomic E-state index is 14.3. The summed E-state index contributed by atoms with van der Waals surface area (Å²) >= 11 is 0. The van der Waals surface area contributed by atoms with Crippen LogP contribution in [0.15, 0.2) is 54.6 Å². The van der Waals surface area contributed by atoms with E-state index in [0.29, 0.717) is 28.4 Å². The Morgan fingerprint density at radius 3 is 2.62 bits per heavy atom. The summed E-state index contributed by atoms with van der Waals surface area (Å²) < 4.78 is 19.6. The van der Waals surface area contributed by atoms with Crippen LogP contribution in [0.5, 0.6) is 5.75 Å². The predicted octanol–water partition coefficient (Wildman–Crippen LogP) is 3.02. The van der Waals surface area contributed by atoms with Crippen molar-refractivity contribution in [1.82, 2.24) is 4.98 Å². The first-order valence-electron chi connectivity index (χ1n) is 8.52. The highest BCUT2D eigenvalue weighted by atomic mass is 19.1. The average Bonchev–Trinajstić information content (AvgIpc) is 2.74. The van der Waals surface area contributed by atoms with Crippen molar-refractivity contribution in [2.45, 2.75) is 0 Å². The molecule has 0 radical (unpaired) electrons. The molecule has 6 N–H and O–H groups in total. The first kappa shape index (κ1) is 19.7. The number of amides is 1. The van der Waals surface area contributed by atoms with E-state index in [-0.39, 0.29) is 18.0 Å². The molecule has 0 aliphatic carbocycles. The monoisotopic (exact) mass is 391 g/mol. The molecule has 3 rings (SSSR count). The van der Waals surface area contributed by atoms with Crippen LogP contribution in [0, 0.1) is 18.2 Å². The van der Waals surface area contributed by atoms with E-state index in [2.05, 4.69) is 21.6 Å². The Balaban J connectivity index is 1.82. The topological polar surface area (TPSA) is 115 Å². The fourth-order valence-corrected chi connectivity index (χ4v) is 2.56. The van der Waals surface area contributed by atoms with Crippen molar-refractivity contribution in [3.8, 4) is 29.4 Å². The second-order valence-electron chi connectivity index (χ2n) is 5.94. The van der Waals surface area contributed by atoms with Crippen LogP contribution in [-0.2, 0) is 0 Å². The third kappa shape index (κ3) is 4.61. The lowest BCUT2D eigenvalue weighted by molar-refractivity contribution is 0.102. The molecule has 29 heavy (non-hydrogen) atoms. The molecule has 0 atom stereocenters. The van der Waals surface area contributed by atoms with Crippen LogP contribution in [-0.4, -0.2) is 17.5 Å². The first-order chi connectivity index (χ1) is 14.0. The number of carbonyl (C=O) groups excluding carboxylic acids is 1. The molecule has 0 bridgehead atoms. The predicted molar refractivity (Wildman–Crippen MR) is 111 cm³/mol. The number of nitrogens with zero attached hydrogens (tertiary/aromatic N) is 1. The molecule has 0 unspecified atom stereocenters. The number of terminal acetylenes is 1. The zero-order valence-corrected chi connectivity index (χ0v) is 15.3. The number of halogens is 1. The molecule has 0 aliphatic heterocycles. The van der Waals surface area contributed by atoms with Gasteiger partial charge in [-0.2, -0.15) is 0 Å². The molecule has 3 aromatic rings. The van der Waals surface area contributed by atoms with Gasteiger partial charge in [0, 0.05) is 11.3 Å². The molecule has 146 valence electrons. The van der Waals surface area contributed by atoms with Gasteiger partial charge in [0.25, 0.3) is 5.91 Å². The molecule has 1 aromatic heterocycles. The van der Waals surface area contributed by atoms with Gasteiger partial charge in [0.05, 0.1) is 16.9 Å². The minimum absolute atomic E-state index is 0.129. The summed E-state index contributed by atoms with van der Waals surface area (Å²) in [6, 6.07) is 14.0. The van der Waals surface area contributed by atoms with Crippen LogP contribution in [0.3, 0.4) is 0 Å². The van der Waals surface area contributed by atoms with E-state index in [1.54, 1.807) is 36.4 Å². The number of hydrogen-bond acceptors (Lipinski definition) is 6. The number of hydrogen-bond donors (Lipinski definition) is 4. The number of carbonyl (C=O) groups is 1. The van der Waals surface area contributed by atoms with Gasteiger partial charge in [-0.3, -0.25) is 4.79 Å². The molecule has 0 aliphatic rings. The fourth-order valence-electron chi connectivity index (χ4n) is 2.56. The highest BCUT2D eigenvalue weighted by molar-refractivity contribution is 6.05. The smallest absolute Gasteiger partial charge is 0.258 e. The minimum Gasteiger partial charge on any atom is -0.481 e. The van der Waals surface area contributed by atoms with Gasteiger partial charge in [0.2, 0.25) is 0 Å². The lowest BCUT2D eigenvalue weighted by atomic mass is 10.1. The molecule has 0 saturated heterocycles. The Labute approximate surface area is 166 Å². The Morgan fingerprint density at radius 1 is 1.17 bits per heavy atom. The minimum atomic E-state index is -0.659. The van der Waals surface area contributed by atoms with Gasteiger partial charge < -0.3 is 21.2 Å². The maximum Gasteiger partial charge on any atom is 0.258 e. The zero-order valence-electron chi connectivity index (χ0n) is 15.3.